The second kappa shape index (κ2) is 7.00. The summed E-state index contributed by atoms with van der Waals surface area (Å²) < 4.78 is 10.7. The van der Waals surface area contributed by atoms with Crippen molar-refractivity contribution in [2.75, 3.05) is 25.1 Å². The Balaban J connectivity index is 2.44. The molecule has 0 aliphatic carbocycles. The fourth-order valence-electron chi connectivity index (χ4n) is 1.25. The molecule has 0 radical (unpaired) electrons. The molecule has 1 unspecified atom stereocenters. The van der Waals surface area contributed by atoms with Crippen LogP contribution in [0.5, 0.6) is 5.88 Å². The molecule has 0 fully saturated rings. The van der Waals surface area contributed by atoms with E-state index in [9.17, 15) is 0 Å². The number of nitrogens with one attached hydrogen (secondary N) is 1. The Labute approximate surface area is 96.2 Å². The van der Waals surface area contributed by atoms with Crippen molar-refractivity contribution in [3.05, 3.63) is 12.4 Å². The molecule has 0 amide bonds. The molecule has 0 aliphatic heterocycles. The molecule has 90 valence electrons. The molecule has 1 aromatic heterocycles. The number of ether oxygens (including phenoxy) is 2. The lowest BCUT2D eigenvalue weighted by Gasteiger charge is -2.13. The molecule has 5 nitrogen and oxygen atoms in total. The van der Waals surface area contributed by atoms with Gasteiger partial charge in [-0.15, -0.1) is 0 Å². The average Bonchev–Trinajstić information content (AvgIpc) is 2.28. The molecule has 0 aromatic carbocycles. The topological polar surface area (TPSA) is 56.3 Å². The third kappa shape index (κ3) is 4.44. The predicted molar refractivity (Wildman–Crippen MR) is 62.8 cm³/mol. The van der Waals surface area contributed by atoms with Crippen molar-refractivity contribution >= 4 is 5.82 Å². The standard InChI is InChI=1S/C11H19N3O2/c1-4-15-9(3)7-12-10-6-11(16-5-2)14-8-13-10/h6,8-9H,4-5,7H2,1-3H3,(H,12,13,14). The number of hydrogen-bond acceptors (Lipinski definition) is 5. The van der Waals surface area contributed by atoms with Gasteiger partial charge in [0.05, 0.1) is 12.7 Å². The van der Waals surface area contributed by atoms with Crippen molar-refractivity contribution in [1.29, 1.82) is 0 Å². The first-order chi connectivity index (χ1) is 7.76. The Bertz CT molecular complexity index is 307. The molecule has 1 heterocycles. The summed E-state index contributed by atoms with van der Waals surface area (Å²) in [5.74, 6) is 1.34. The lowest BCUT2D eigenvalue weighted by molar-refractivity contribution is 0.0855. The van der Waals surface area contributed by atoms with Crippen molar-refractivity contribution < 1.29 is 9.47 Å². The SMILES string of the molecule is CCOc1cc(NCC(C)OCC)ncn1. The minimum atomic E-state index is 0.163. The zero-order chi connectivity index (χ0) is 11.8. The third-order valence-corrected chi connectivity index (χ3v) is 1.96. The van der Waals surface area contributed by atoms with Crippen molar-refractivity contribution in [2.24, 2.45) is 0 Å². The van der Waals surface area contributed by atoms with E-state index < -0.39 is 0 Å². The second-order valence-corrected chi connectivity index (χ2v) is 3.32. The molecule has 1 aromatic rings. The van der Waals surface area contributed by atoms with E-state index in [2.05, 4.69) is 15.3 Å². The molecule has 0 bridgehead atoms. The van der Waals surface area contributed by atoms with Crippen LogP contribution in [0.25, 0.3) is 0 Å². The predicted octanol–water partition coefficient (Wildman–Crippen LogP) is 1.71. The van der Waals surface area contributed by atoms with Crippen LogP contribution in [0, 0.1) is 0 Å². The maximum absolute atomic E-state index is 5.40. The highest BCUT2D eigenvalue weighted by Crippen LogP contribution is 2.10. The third-order valence-electron chi connectivity index (χ3n) is 1.96. The highest BCUT2D eigenvalue weighted by Gasteiger charge is 2.02. The molecule has 0 aliphatic rings. The number of hydrogen-bond donors (Lipinski definition) is 1. The molecule has 0 saturated carbocycles. The molecule has 0 saturated heterocycles. The van der Waals surface area contributed by atoms with Crippen LogP contribution in [0.3, 0.4) is 0 Å². The lowest BCUT2D eigenvalue weighted by atomic mass is 10.4. The first kappa shape index (κ1) is 12.7. The Hall–Kier alpha value is -1.36. The summed E-state index contributed by atoms with van der Waals surface area (Å²) >= 11 is 0. The zero-order valence-corrected chi connectivity index (χ0v) is 10.1. The fourth-order valence-corrected chi connectivity index (χ4v) is 1.25. The number of aromatic nitrogens is 2. The summed E-state index contributed by atoms with van der Waals surface area (Å²) in [6.45, 7) is 7.96. The minimum absolute atomic E-state index is 0.163. The van der Waals surface area contributed by atoms with Gasteiger partial charge >= 0.3 is 0 Å². The van der Waals surface area contributed by atoms with E-state index in [1.807, 2.05) is 20.8 Å². The Morgan fingerprint density at radius 1 is 1.31 bits per heavy atom. The van der Waals surface area contributed by atoms with Crippen LogP contribution in [-0.2, 0) is 4.74 Å². The van der Waals surface area contributed by atoms with Gasteiger partial charge in [0.15, 0.2) is 0 Å². The summed E-state index contributed by atoms with van der Waals surface area (Å²) in [6, 6.07) is 1.78. The quantitative estimate of drug-likeness (QED) is 0.765. The maximum atomic E-state index is 5.40. The number of nitrogens with zero attached hydrogens (tertiary/aromatic N) is 2. The van der Waals surface area contributed by atoms with Gasteiger partial charge in [0.25, 0.3) is 0 Å². The highest BCUT2D eigenvalue weighted by molar-refractivity contribution is 5.37. The van der Waals surface area contributed by atoms with Crippen molar-refractivity contribution in [3.63, 3.8) is 0 Å². The molecular formula is C11H19N3O2. The largest absolute Gasteiger partial charge is 0.478 e. The molecular weight excluding hydrogens is 206 g/mol. The summed E-state index contributed by atoms with van der Waals surface area (Å²) in [6.07, 6.45) is 1.65. The molecule has 5 heteroatoms. The van der Waals surface area contributed by atoms with Crippen LogP contribution in [0.1, 0.15) is 20.8 Å². The normalized spacial score (nSPS) is 12.2. The van der Waals surface area contributed by atoms with E-state index in [0.29, 0.717) is 12.5 Å². The van der Waals surface area contributed by atoms with Gasteiger partial charge in [-0.1, -0.05) is 0 Å². The van der Waals surface area contributed by atoms with Crippen LogP contribution in [0.15, 0.2) is 12.4 Å². The van der Waals surface area contributed by atoms with E-state index in [-0.39, 0.29) is 6.10 Å². The molecule has 1 rings (SSSR count). The van der Waals surface area contributed by atoms with Gasteiger partial charge in [-0.3, -0.25) is 0 Å². The van der Waals surface area contributed by atoms with E-state index in [4.69, 9.17) is 9.47 Å². The van der Waals surface area contributed by atoms with E-state index in [1.165, 1.54) is 6.33 Å². The second-order valence-electron chi connectivity index (χ2n) is 3.32. The van der Waals surface area contributed by atoms with Crippen LogP contribution in [0.2, 0.25) is 0 Å². The van der Waals surface area contributed by atoms with Gasteiger partial charge in [-0.2, -0.15) is 0 Å². The summed E-state index contributed by atoms with van der Waals surface area (Å²) in [5, 5.41) is 3.17. The van der Waals surface area contributed by atoms with Gasteiger partial charge in [0, 0.05) is 19.2 Å². The molecule has 1 atom stereocenters. The molecule has 0 spiro atoms. The lowest BCUT2D eigenvalue weighted by Crippen LogP contribution is -2.20. The van der Waals surface area contributed by atoms with Crippen molar-refractivity contribution in [1.82, 2.24) is 9.97 Å². The Morgan fingerprint density at radius 3 is 2.81 bits per heavy atom. The van der Waals surface area contributed by atoms with Crippen molar-refractivity contribution in [3.8, 4) is 5.88 Å². The Kier molecular flexibility index (Phi) is 5.56. The van der Waals surface area contributed by atoms with Gasteiger partial charge in [-0.05, 0) is 20.8 Å². The van der Waals surface area contributed by atoms with Crippen LogP contribution >= 0.6 is 0 Å². The van der Waals surface area contributed by atoms with Crippen LogP contribution < -0.4 is 10.1 Å². The van der Waals surface area contributed by atoms with Gasteiger partial charge < -0.3 is 14.8 Å². The number of rotatable bonds is 7. The fraction of sp³-hybridized carbons (Fsp3) is 0.636. The van der Waals surface area contributed by atoms with E-state index in [0.717, 1.165) is 19.0 Å². The number of anilines is 1. The smallest absolute Gasteiger partial charge is 0.218 e. The maximum Gasteiger partial charge on any atom is 0.218 e. The van der Waals surface area contributed by atoms with Gasteiger partial charge in [0.1, 0.15) is 12.1 Å². The first-order valence-corrected chi connectivity index (χ1v) is 5.56. The minimum Gasteiger partial charge on any atom is -0.478 e. The monoisotopic (exact) mass is 225 g/mol. The molecule has 16 heavy (non-hydrogen) atoms. The summed E-state index contributed by atoms with van der Waals surface area (Å²) in [7, 11) is 0. The van der Waals surface area contributed by atoms with E-state index >= 15 is 0 Å². The first-order valence-electron chi connectivity index (χ1n) is 5.56. The Morgan fingerprint density at radius 2 is 2.12 bits per heavy atom. The van der Waals surface area contributed by atoms with Crippen molar-refractivity contribution in [2.45, 2.75) is 26.9 Å². The highest BCUT2D eigenvalue weighted by atomic mass is 16.5. The average molecular weight is 225 g/mol. The summed E-state index contributed by atoms with van der Waals surface area (Å²) in [4.78, 5) is 8.08. The molecule has 1 N–H and O–H groups in total. The zero-order valence-electron chi connectivity index (χ0n) is 10.1. The summed E-state index contributed by atoms with van der Waals surface area (Å²) in [5.41, 5.74) is 0. The van der Waals surface area contributed by atoms with Crippen LogP contribution in [-0.4, -0.2) is 35.8 Å². The van der Waals surface area contributed by atoms with E-state index in [1.54, 1.807) is 6.07 Å². The van der Waals surface area contributed by atoms with Gasteiger partial charge in [0.2, 0.25) is 5.88 Å². The van der Waals surface area contributed by atoms with Crippen LogP contribution in [0.4, 0.5) is 5.82 Å². The van der Waals surface area contributed by atoms with Gasteiger partial charge in [-0.25, -0.2) is 9.97 Å².